The zero-order valence-electron chi connectivity index (χ0n) is 14.8. The zero-order chi connectivity index (χ0) is 17.1. The van der Waals surface area contributed by atoms with Crippen molar-refractivity contribution in [3.63, 3.8) is 0 Å². The number of halogens is 1. The molecule has 0 spiro atoms. The molecule has 2 nitrogen and oxygen atoms in total. The van der Waals surface area contributed by atoms with Gasteiger partial charge in [-0.3, -0.25) is 9.80 Å². The minimum absolute atomic E-state index is 0.319. The SMILES string of the molecule is Clc1ccc(C(c2ccccc2)N2CCC3CCCCN3CC2)cc1. The highest BCUT2D eigenvalue weighted by molar-refractivity contribution is 6.30. The molecule has 0 amide bonds. The van der Waals surface area contributed by atoms with Crippen LogP contribution in [0.5, 0.6) is 0 Å². The van der Waals surface area contributed by atoms with Gasteiger partial charge in [0.1, 0.15) is 0 Å². The topological polar surface area (TPSA) is 6.48 Å². The fraction of sp³-hybridized carbons (Fsp3) is 0.455. The number of hydrogen-bond acceptors (Lipinski definition) is 2. The van der Waals surface area contributed by atoms with Crippen LogP contribution < -0.4 is 0 Å². The minimum Gasteiger partial charge on any atom is -0.299 e. The Balaban J connectivity index is 1.62. The molecule has 0 radical (unpaired) electrons. The predicted molar refractivity (Wildman–Crippen MR) is 105 cm³/mol. The van der Waals surface area contributed by atoms with Crippen LogP contribution in [-0.4, -0.2) is 42.0 Å². The normalized spacial score (nSPS) is 23.6. The van der Waals surface area contributed by atoms with Gasteiger partial charge in [-0.05, 0) is 49.1 Å². The Morgan fingerprint density at radius 2 is 1.52 bits per heavy atom. The molecule has 0 N–H and O–H groups in total. The summed E-state index contributed by atoms with van der Waals surface area (Å²) in [6.45, 7) is 4.79. The second-order valence-electron chi connectivity index (χ2n) is 7.37. The van der Waals surface area contributed by atoms with E-state index in [1.807, 2.05) is 12.1 Å². The quantitative estimate of drug-likeness (QED) is 0.766. The van der Waals surface area contributed by atoms with Crippen LogP contribution in [0.1, 0.15) is 42.9 Å². The van der Waals surface area contributed by atoms with Gasteiger partial charge in [0.2, 0.25) is 0 Å². The molecule has 3 heteroatoms. The van der Waals surface area contributed by atoms with Gasteiger partial charge >= 0.3 is 0 Å². The van der Waals surface area contributed by atoms with E-state index < -0.39 is 0 Å². The van der Waals surface area contributed by atoms with Gasteiger partial charge in [0, 0.05) is 30.7 Å². The van der Waals surface area contributed by atoms with Crippen molar-refractivity contribution < 1.29 is 0 Å². The summed E-state index contributed by atoms with van der Waals surface area (Å²) in [6.07, 6.45) is 5.44. The van der Waals surface area contributed by atoms with Crippen molar-refractivity contribution in [3.8, 4) is 0 Å². The molecule has 0 bridgehead atoms. The Hall–Kier alpha value is -1.35. The minimum atomic E-state index is 0.319. The van der Waals surface area contributed by atoms with Crippen LogP contribution in [0.4, 0.5) is 0 Å². The molecule has 0 aliphatic carbocycles. The molecule has 0 aromatic heterocycles. The van der Waals surface area contributed by atoms with E-state index in [9.17, 15) is 0 Å². The molecule has 2 heterocycles. The van der Waals surface area contributed by atoms with Crippen molar-refractivity contribution in [2.75, 3.05) is 26.2 Å². The summed E-state index contributed by atoms with van der Waals surface area (Å²) in [4.78, 5) is 5.41. The van der Waals surface area contributed by atoms with Crippen LogP contribution in [-0.2, 0) is 0 Å². The lowest BCUT2D eigenvalue weighted by molar-refractivity contribution is 0.154. The number of piperidine rings is 1. The van der Waals surface area contributed by atoms with E-state index in [1.165, 1.54) is 56.4 Å². The molecule has 25 heavy (non-hydrogen) atoms. The highest BCUT2D eigenvalue weighted by atomic mass is 35.5. The summed E-state index contributed by atoms with van der Waals surface area (Å²) >= 11 is 6.14. The average Bonchev–Trinajstić information content (AvgIpc) is 2.88. The van der Waals surface area contributed by atoms with E-state index in [0.29, 0.717) is 6.04 Å². The van der Waals surface area contributed by atoms with Crippen molar-refractivity contribution in [2.45, 2.75) is 37.8 Å². The van der Waals surface area contributed by atoms with E-state index in [1.54, 1.807) is 0 Å². The monoisotopic (exact) mass is 354 g/mol. The third kappa shape index (κ3) is 3.92. The van der Waals surface area contributed by atoms with Crippen LogP contribution in [0.25, 0.3) is 0 Å². The highest BCUT2D eigenvalue weighted by Gasteiger charge is 2.30. The number of benzene rings is 2. The molecule has 2 aromatic carbocycles. The van der Waals surface area contributed by atoms with E-state index in [0.717, 1.165) is 17.6 Å². The molecule has 2 aromatic rings. The van der Waals surface area contributed by atoms with Crippen molar-refractivity contribution in [2.24, 2.45) is 0 Å². The summed E-state index contributed by atoms with van der Waals surface area (Å²) in [5, 5.41) is 0.809. The summed E-state index contributed by atoms with van der Waals surface area (Å²) in [5.41, 5.74) is 2.72. The molecule has 2 aliphatic rings. The van der Waals surface area contributed by atoms with Gasteiger partial charge < -0.3 is 0 Å². The highest BCUT2D eigenvalue weighted by Crippen LogP contribution is 2.32. The Morgan fingerprint density at radius 1 is 0.760 bits per heavy atom. The standard InChI is InChI=1S/C22H27ClN2/c23-20-11-9-19(10-12-20)22(18-6-2-1-3-7-18)25-15-13-21-8-4-5-14-24(21)16-17-25/h1-3,6-7,9-12,21-22H,4-5,8,13-17H2. The molecule has 0 saturated carbocycles. The molecule has 2 aliphatic heterocycles. The number of rotatable bonds is 3. The van der Waals surface area contributed by atoms with Crippen molar-refractivity contribution in [1.29, 1.82) is 0 Å². The number of nitrogens with zero attached hydrogens (tertiary/aromatic N) is 2. The Morgan fingerprint density at radius 3 is 2.32 bits per heavy atom. The average molecular weight is 355 g/mol. The molecule has 2 saturated heterocycles. The number of hydrogen-bond donors (Lipinski definition) is 0. The molecular weight excluding hydrogens is 328 g/mol. The maximum Gasteiger partial charge on any atom is 0.0602 e. The van der Waals surface area contributed by atoms with Crippen LogP contribution in [0.15, 0.2) is 54.6 Å². The summed E-state index contributed by atoms with van der Waals surface area (Å²) < 4.78 is 0. The van der Waals surface area contributed by atoms with E-state index in [4.69, 9.17) is 11.6 Å². The Kier molecular flexibility index (Phi) is 5.40. The third-order valence-corrected chi connectivity index (χ3v) is 6.09. The summed E-state index contributed by atoms with van der Waals surface area (Å²) in [7, 11) is 0. The summed E-state index contributed by atoms with van der Waals surface area (Å²) in [5.74, 6) is 0. The van der Waals surface area contributed by atoms with Gasteiger partial charge in [0.25, 0.3) is 0 Å². The lowest BCUT2D eigenvalue weighted by atomic mass is 9.96. The van der Waals surface area contributed by atoms with Gasteiger partial charge in [-0.15, -0.1) is 0 Å². The lowest BCUT2D eigenvalue weighted by Gasteiger charge is -2.33. The largest absolute Gasteiger partial charge is 0.299 e. The first kappa shape index (κ1) is 17.1. The van der Waals surface area contributed by atoms with E-state index in [-0.39, 0.29) is 0 Å². The van der Waals surface area contributed by atoms with Crippen LogP contribution in [0, 0.1) is 0 Å². The molecule has 132 valence electrons. The van der Waals surface area contributed by atoms with Gasteiger partial charge in [0.15, 0.2) is 0 Å². The predicted octanol–water partition coefficient (Wildman–Crippen LogP) is 4.99. The first-order valence-electron chi connectivity index (χ1n) is 9.60. The number of fused-ring (bicyclic) bond motifs is 1. The fourth-order valence-electron chi connectivity index (χ4n) is 4.52. The summed E-state index contributed by atoms with van der Waals surface area (Å²) in [6, 6.07) is 20.5. The van der Waals surface area contributed by atoms with Crippen molar-refractivity contribution >= 4 is 11.6 Å². The van der Waals surface area contributed by atoms with E-state index in [2.05, 4.69) is 52.3 Å². The second-order valence-corrected chi connectivity index (χ2v) is 7.81. The maximum absolute atomic E-state index is 6.14. The lowest BCUT2D eigenvalue weighted by Crippen LogP contribution is -2.40. The molecule has 2 atom stereocenters. The fourth-order valence-corrected chi connectivity index (χ4v) is 4.64. The van der Waals surface area contributed by atoms with Gasteiger partial charge in [-0.1, -0.05) is 60.5 Å². The van der Waals surface area contributed by atoms with Gasteiger partial charge in [-0.25, -0.2) is 0 Å². The Labute approximate surface area is 156 Å². The first-order chi connectivity index (χ1) is 12.3. The van der Waals surface area contributed by atoms with Crippen LogP contribution in [0.3, 0.4) is 0 Å². The van der Waals surface area contributed by atoms with Crippen molar-refractivity contribution in [3.05, 3.63) is 70.7 Å². The van der Waals surface area contributed by atoms with Gasteiger partial charge in [0.05, 0.1) is 6.04 Å². The van der Waals surface area contributed by atoms with Crippen molar-refractivity contribution in [1.82, 2.24) is 9.80 Å². The third-order valence-electron chi connectivity index (χ3n) is 5.84. The molecule has 2 fully saturated rings. The Bertz CT molecular complexity index is 654. The smallest absolute Gasteiger partial charge is 0.0602 e. The second kappa shape index (κ2) is 7.90. The molecule has 2 unspecified atom stereocenters. The molecular formula is C22H27ClN2. The maximum atomic E-state index is 6.14. The molecule has 4 rings (SSSR count). The van der Waals surface area contributed by atoms with Crippen LogP contribution >= 0.6 is 11.6 Å². The van der Waals surface area contributed by atoms with E-state index >= 15 is 0 Å². The van der Waals surface area contributed by atoms with Crippen LogP contribution in [0.2, 0.25) is 5.02 Å². The van der Waals surface area contributed by atoms with Gasteiger partial charge in [-0.2, -0.15) is 0 Å². The zero-order valence-corrected chi connectivity index (χ0v) is 15.5. The first-order valence-corrected chi connectivity index (χ1v) is 9.97.